The van der Waals surface area contributed by atoms with Crippen molar-refractivity contribution in [1.82, 2.24) is 19.7 Å². The van der Waals surface area contributed by atoms with Gasteiger partial charge in [0.05, 0.1) is 6.54 Å². The Morgan fingerprint density at radius 1 is 1.18 bits per heavy atom. The van der Waals surface area contributed by atoms with E-state index in [4.69, 9.17) is 0 Å². The summed E-state index contributed by atoms with van der Waals surface area (Å²) in [7, 11) is 1.83. The molecule has 2 heterocycles. The van der Waals surface area contributed by atoms with E-state index in [0.29, 0.717) is 13.0 Å². The van der Waals surface area contributed by atoms with Gasteiger partial charge in [-0.25, -0.2) is 0 Å². The highest BCUT2D eigenvalue weighted by Gasteiger charge is 2.37. The summed E-state index contributed by atoms with van der Waals surface area (Å²) in [5.41, 5.74) is 1.01. The van der Waals surface area contributed by atoms with Crippen molar-refractivity contribution in [3.8, 4) is 0 Å². The zero-order valence-corrected chi connectivity index (χ0v) is 13.6. The molecular weight excluding hydrogens is 276 g/mol. The largest absolute Gasteiger partial charge is 0.336 e. The van der Waals surface area contributed by atoms with Crippen LogP contribution in [0.1, 0.15) is 44.0 Å². The van der Waals surface area contributed by atoms with E-state index < -0.39 is 0 Å². The molecule has 0 saturated heterocycles. The summed E-state index contributed by atoms with van der Waals surface area (Å²) in [4.78, 5) is 14.5. The van der Waals surface area contributed by atoms with Crippen LogP contribution in [-0.4, -0.2) is 32.6 Å². The fourth-order valence-corrected chi connectivity index (χ4v) is 2.94. The fraction of sp³-hybridized carbons (Fsp3) is 0.471. The Kier molecular flexibility index (Phi) is 3.51. The van der Waals surface area contributed by atoms with Gasteiger partial charge in [0.2, 0.25) is 5.91 Å². The lowest BCUT2D eigenvalue weighted by molar-refractivity contribution is -0.136. The van der Waals surface area contributed by atoms with Crippen molar-refractivity contribution in [2.24, 2.45) is 0 Å². The van der Waals surface area contributed by atoms with Gasteiger partial charge in [-0.15, -0.1) is 10.2 Å². The predicted octanol–water partition coefficient (Wildman–Crippen LogP) is 2.33. The Bertz CT molecular complexity index is 684. The van der Waals surface area contributed by atoms with Gasteiger partial charge in [-0.3, -0.25) is 9.36 Å². The first-order chi connectivity index (χ1) is 10.4. The number of benzene rings is 1. The molecular formula is C17H22N4O. The summed E-state index contributed by atoms with van der Waals surface area (Å²) in [5.74, 6) is 1.87. The molecule has 1 aromatic carbocycles. The Morgan fingerprint density at radius 3 is 2.50 bits per heavy atom. The van der Waals surface area contributed by atoms with Crippen molar-refractivity contribution in [2.45, 2.75) is 45.2 Å². The number of hydrogen-bond acceptors (Lipinski definition) is 3. The summed E-state index contributed by atoms with van der Waals surface area (Å²) < 4.78 is 2.05. The van der Waals surface area contributed by atoms with Gasteiger partial charge >= 0.3 is 0 Å². The van der Waals surface area contributed by atoms with Gasteiger partial charge in [-0.2, -0.15) is 0 Å². The minimum absolute atomic E-state index is 0.127. The number of amides is 1. The van der Waals surface area contributed by atoms with E-state index >= 15 is 0 Å². The number of aromatic nitrogens is 3. The van der Waals surface area contributed by atoms with E-state index in [1.165, 1.54) is 0 Å². The van der Waals surface area contributed by atoms with Gasteiger partial charge in [0.1, 0.15) is 11.9 Å². The Balaban J connectivity index is 2.06. The third-order valence-electron chi connectivity index (χ3n) is 4.06. The summed E-state index contributed by atoms with van der Waals surface area (Å²) in [5, 5.41) is 8.68. The van der Waals surface area contributed by atoms with Crippen LogP contribution in [-0.2, 0) is 23.2 Å². The third-order valence-corrected chi connectivity index (χ3v) is 4.06. The van der Waals surface area contributed by atoms with Crippen LogP contribution in [0.2, 0.25) is 0 Å². The molecule has 1 atom stereocenters. The molecule has 2 aromatic rings. The standard InChI is InChI=1S/C17H22N4O/c1-17(2,3)16-19-18-14-11-20(4)15(22)13(21(14)16)10-12-8-6-5-7-9-12/h5-9,13H,10-11H2,1-4H3/t13-/m0/s1. The Labute approximate surface area is 131 Å². The number of fused-ring (bicyclic) bond motifs is 1. The van der Waals surface area contributed by atoms with Gasteiger partial charge < -0.3 is 4.90 Å². The molecule has 1 aromatic heterocycles. The van der Waals surface area contributed by atoms with Crippen molar-refractivity contribution in [2.75, 3.05) is 7.05 Å². The second-order valence-corrected chi connectivity index (χ2v) is 6.96. The van der Waals surface area contributed by atoms with Gasteiger partial charge in [-0.1, -0.05) is 51.1 Å². The van der Waals surface area contributed by atoms with E-state index in [-0.39, 0.29) is 17.4 Å². The second-order valence-electron chi connectivity index (χ2n) is 6.96. The maximum atomic E-state index is 12.7. The first-order valence-corrected chi connectivity index (χ1v) is 7.61. The number of carbonyl (C=O) groups excluding carboxylic acids is 1. The lowest BCUT2D eigenvalue weighted by Crippen LogP contribution is -2.42. The minimum atomic E-state index is -0.264. The number of carbonyl (C=O) groups is 1. The zero-order valence-electron chi connectivity index (χ0n) is 13.6. The lowest BCUT2D eigenvalue weighted by atomic mass is 9.94. The van der Waals surface area contributed by atoms with E-state index in [2.05, 4.69) is 47.7 Å². The van der Waals surface area contributed by atoms with Crippen molar-refractivity contribution in [3.05, 3.63) is 47.5 Å². The van der Waals surface area contributed by atoms with E-state index in [0.717, 1.165) is 17.2 Å². The molecule has 1 amide bonds. The lowest BCUT2D eigenvalue weighted by Gasteiger charge is -2.33. The predicted molar refractivity (Wildman–Crippen MR) is 84.4 cm³/mol. The van der Waals surface area contributed by atoms with Crippen LogP contribution in [0.25, 0.3) is 0 Å². The second kappa shape index (κ2) is 5.23. The third kappa shape index (κ3) is 2.51. The van der Waals surface area contributed by atoms with E-state index in [1.54, 1.807) is 4.90 Å². The smallest absolute Gasteiger partial charge is 0.246 e. The summed E-state index contributed by atoms with van der Waals surface area (Å²) in [6.45, 7) is 6.83. The highest BCUT2D eigenvalue weighted by Crippen LogP contribution is 2.30. The number of nitrogens with zero attached hydrogens (tertiary/aromatic N) is 4. The highest BCUT2D eigenvalue weighted by atomic mass is 16.2. The molecule has 0 unspecified atom stereocenters. The molecule has 5 nitrogen and oxygen atoms in total. The van der Waals surface area contributed by atoms with Crippen LogP contribution in [0.15, 0.2) is 30.3 Å². The van der Waals surface area contributed by atoms with E-state index in [9.17, 15) is 4.79 Å². The van der Waals surface area contributed by atoms with Gasteiger partial charge in [0.25, 0.3) is 0 Å². The van der Waals surface area contributed by atoms with Crippen LogP contribution < -0.4 is 0 Å². The number of likely N-dealkylation sites (N-methyl/N-ethyl adjacent to an activating group) is 1. The molecule has 0 saturated carbocycles. The topological polar surface area (TPSA) is 51.0 Å². The highest BCUT2D eigenvalue weighted by molar-refractivity contribution is 5.81. The van der Waals surface area contributed by atoms with Gasteiger partial charge in [0.15, 0.2) is 5.82 Å². The molecule has 0 bridgehead atoms. The normalized spacial score (nSPS) is 18.5. The molecule has 1 aliphatic rings. The van der Waals surface area contributed by atoms with Crippen LogP contribution >= 0.6 is 0 Å². The van der Waals surface area contributed by atoms with Gasteiger partial charge in [-0.05, 0) is 5.56 Å². The minimum Gasteiger partial charge on any atom is -0.336 e. The van der Waals surface area contributed by atoms with Crippen LogP contribution in [0.5, 0.6) is 0 Å². The summed E-state index contributed by atoms with van der Waals surface area (Å²) in [6.07, 6.45) is 0.665. The molecule has 0 fully saturated rings. The average molecular weight is 298 g/mol. The average Bonchev–Trinajstić information content (AvgIpc) is 2.88. The van der Waals surface area contributed by atoms with Crippen LogP contribution in [0.4, 0.5) is 0 Å². The van der Waals surface area contributed by atoms with Crippen LogP contribution in [0, 0.1) is 0 Å². The zero-order chi connectivity index (χ0) is 15.9. The number of rotatable bonds is 2. The first-order valence-electron chi connectivity index (χ1n) is 7.61. The molecule has 0 aliphatic carbocycles. The molecule has 0 N–H and O–H groups in total. The van der Waals surface area contributed by atoms with Gasteiger partial charge in [0, 0.05) is 18.9 Å². The molecule has 22 heavy (non-hydrogen) atoms. The monoisotopic (exact) mass is 298 g/mol. The van der Waals surface area contributed by atoms with Crippen molar-refractivity contribution >= 4 is 5.91 Å². The summed E-state index contributed by atoms with van der Waals surface area (Å²) >= 11 is 0. The maximum Gasteiger partial charge on any atom is 0.246 e. The molecule has 116 valence electrons. The first kappa shape index (κ1) is 14.8. The van der Waals surface area contributed by atoms with Crippen molar-refractivity contribution in [3.63, 3.8) is 0 Å². The van der Waals surface area contributed by atoms with Crippen LogP contribution in [0.3, 0.4) is 0 Å². The van der Waals surface area contributed by atoms with E-state index in [1.807, 2.05) is 25.2 Å². The summed E-state index contributed by atoms with van der Waals surface area (Å²) in [6, 6.07) is 9.85. The SMILES string of the molecule is CN1Cc2nnc(C(C)(C)C)n2[C@@H](Cc2ccccc2)C1=O. The fourth-order valence-electron chi connectivity index (χ4n) is 2.94. The maximum absolute atomic E-state index is 12.7. The molecule has 0 radical (unpaired) electrons. The van der Waals surface area contributed by atoms with Crippen molar-refractivity contribution in [1.29, 1.82) is 0 Å². The molecule has 0 spiro atoms. The number of hydrogen-bond donors (Lipinski definition) is 0. The Hall–Kier alpha value is -2.17. The molecule has 3 rings (SSSR count). The quantitative estimate of drug-likeness (QED) is 0.855. The molecule has 5 heteroatoms. The van der Waals surface area contributed by atoms with Crippen molar-refractivity contribution < 1.29 is 4.79 Å². The Morgan fingerprint density at radius 2 is 1.86 bits per heavy atom. The molecule has 1 aliphatic heterocycles.